The number of nitrogens with two attached hydrogens (primary N) is 2. The minimum Gasteiger partial charge on any atom is -0.351 e. The van der Waals surface area contributed by atoms with E-state index < -0.39 is 22.3 Å². The van der Waals surface area contributed by atoms with Gasteiger partial charge in [-0.3, -0.25) is 0 Å². The molecular weight excluding hydrogens is 244 g/mol. The van der Waals surface area contributed by atoms with E-state index in [1.54, 1.807) is 31.2 Å². The number of hydrogen-bond acceptors (Lipinski definition) is 3. The van der Waals surface area contributed by atoms with Crippen molar-refractivity contribution in [2.75, 3.05) is 5.32 Å². The summed E-state index contributed by atoms with van der Waals surface area (Å²) in [7, 11) is -3.74. The van der Waals surface area contributed by atoms with Crippen LogP contribution in [-0.2, 0) is 10.2 Å². The molecule has 0 aliphatic rings. The first-order valence-electron chi connectivity index (χ1n) is 4.74. The van der Waals surface area contributed by atoms with Crippen LogP contribution in [-0.4, -0.2) is 14.4 Å². The van der Waals surface area contributed by atoms with E-state index in [0.29, 0.717) is 11.3 Å². The molecule has 0 saturated heterocycles. The Labute approximate surface area is 99.4 Å². The Morgan fingerprint density at radius 1 is 1.29 bits per heavy atom. The number of nitrogens with one attached hydrogen (secondary N) is 2. The zero-order chi connectivity index (χ0) is 13.1. The van der Waals surface area contributed by atoms with Crippen LogP contribution in [0.15, 0.2) is 24.3 Å². The molecule has 2 amide bonds. The summed E-state index contributed by atoms with van der Waals surface area (Å²) in [6.45, 7) is 1.65. The highest BCUT2D eigenvalue weighted by atomic mass is 32.2. The fourth-order valence-electron chi connectivity index (χ4n) is 1.31. The van der Waals surface area contributed by atoms with Crippen molar-refractivity contribution in [3.63, 3.8) is 0 Å². The summed E-state index contributed by atoms with van der Waals surface area (Å²) in [6.07, 6.45) is 0. The molecule has 6 N–H and O–H groups in total. The lowest BCUT2D eigenvalue weighted by Crippen LogP contribution is -2.32. The first kappa shape index (κ1) is 13.4. The lowest BCUT2D eigenvalue weighted by Gasteiger charge is -2.12. The van der Waals surface area contributed by atoms with Crippen molar-refractivity contribution in [3.8, 4) is 0 Å². The van der Waals surface area contributed by atoms with Gasteiger partial charge in [0.25, 0.3) is 10.2 Å². The maximum Gasteiger partial charge on any atom is 0.316 e. The Kier molecular flexibility index (Phi) is 4.05. The monoisotopic (exact) mass is 258 g/mol. The van der Waals surface area contributed by atoms with Gasteiger partial charge in [0.2, 0.25) is 0 Å². The van der Waals surface area contributed by atoms with Crippen molar-refractivity contribution in [2.45, 2.75) is 13.0 Å². The molecule has 94 valence electrons. The van der Waals surface area contributed by atoms with Crippen LogP contribution in [0.3, 0.4) is 0 Å². The minimum atomic E-state index is -3.74. The molecule has 0 aliphatic heterocycles. The number of rotatable bonds is 4. The van der Waals surface area contributed by atoms with Gasteiger partial charge < -0.3 is 11.1 Å². The van der Waals surface area contributed by atoms with Gasteiger partial charge in [0, 0.05) is 11.7 Å². The molecule has 7 nitrogen and oxygen atoms in total. The minimum absolute atomic E-state index is 0.451. The van der Waals surface area contributed by atoms with Crippen molar-refractivity contribution < 1.29 is 13.2 Å². The maximum absolute atomic E-state index is 10.8. The summed E-state index contributed by atoms with van der Waals surface area (Å²) in [5.41, 5.74) is 6.20. The van der Waals surface area contributed by atoms with Crippen molar-refractivity contribution in [3.05, 3.63) is 29.8 Å². The van der Waals surface area contributed by atoms with E-state index in [1.165, 1.54) is 0 Å². The van der Waals surface area contributed by atoms with E-state index in [2.05, 4.69) is 10.0 Å². The van der Waals surface area contributed by atoms with E-state index in [9.17, 15) is 13.2 Å². The van der Waals surface area contributed by atoms with Crippen LogP contribution in [0, 0.1) is 0 Å². The number of carbonyl (C=O) groups excluding carboxylic acids is 1. The van der Waals surface area contributed by atoms with E-state index >= 15 is 0 Å². The van der Waals surface area contributed by atoms with Crippen LogP contribution in [0.4, 0.5) is 10.5 Å². The van der Waals surface area contributed by atoms with Crippen molar-refractivity contribution in [1.29, 1.82) is 0 Å². The second-order valence-electron chi connectivity index (χ2n) is 3.50. The molecule has 0 fully saturated rings. The van der Waals surface area contributed by atoms with E-state index in [-0.39, 0.29) is 0 Å². The standard InChI is InChI=1S/C9H14N4O3S/c1-6(13-17(11,15)16)7-2-4-8(5-3-7)12-9(10)14/h2-6,13H,1H3,(H3,10,12,14)(H2,11,15,16). The van der Waals surface area contributed by atoms with E-state index in [1.807, 2.05) is 0 Å². The Bertz CT molecular complexity index is 497. The topological polar surface area (TPSA) is 127 Å². The quantitative estimate of drug-likeness (QED) is 0.608. The predicted octanol–water partition coefficient (Wildman–Crippen LogP) is 0.0313. The first-order valence-corrected chi connectivity index (χ1v) is 6.29. The Morgan fingerprint density at radius 2 is 1.82 bits per heavy atom. The fraction of sp³-hybridized carbons (Fsp3) is 0.222. The predicted molar refractivity (Wildman–Crippen MR) is 64.3 cm³/mol. The number of primary amides is 1. The fourth-order valence-corrected chi connectivity index (χ4v) is 1.94. The van der Waals surface area contributed by atoms with Gasteiger partial charge in [0.1, 0.15) is 0 Å². The van der Waals surface area contributed by atoms with Gasteiger partial charge in [-0.15, -0.1) is 0 Å². The van der Waals surface area contributed by atoms with E-state index in [0.717, 1.165) is 0 Å². The molecule has 0 saturated carbocycles. The number of urea groups is 1. The lowest BCUT2D eigenvalue weighted by atomic mass is 10.1. The third kappa shape index (κ3) is 4.81. The molecule has 1 aromatic rings. The molecule has 1 rings (SSSR count). The van der Waals surface area contributed by atoms with Crippen molar-refractivity contribution in [1.82, 2.24) is 4.72 Å². The van der Waals surface area contributed by atoms with Crippen molar-refractivity contribution >= 4 is 21.9 Å². The van der Waals surface area contributed by atoms with Crippen LogP contribution < -0.4 is 20.9 Å². The average Bonchev–Trinajstić information content (AvgIpc) is 2.15. The van der Waals surface area contributed by atoms with Gasteiger partial charge in [0.15, 0.2) is 0 Å². The number of hydrogen-bond donors (Lipinski definition) is 4. The van der Waals surface area contributed by atoms with Crippen LogP contribution in [0.5, 0.6) is 0 Å². The number of carbonyl (C=O) groups is 1. The number of amides is 2. The van der Waals surface area contributed by atoms with Gasteiger partial charge in [-0.05, 0) is 24.6 Å². The van der Waals surface area contributed by atoms with Crippen LogP contribution in [0.25, 0.3) is 0 Å². The molecule has 0 radical (unpaired) electrons. The molecule has 8 heteroatoms. The Hall–Kier alpha value is -1.64. The Morgan fingerprint density at radius 3 is 2.24 bits per heavy atom. The van der Waals surface area contributed by atoms with Crippen LogP contribution in [0.2, 0.25) is 0 Å². The zero-order valence-corrected chi connectivity index (χ0v) is 9.99. The van der Waals surface area contributed by atoms with Gasteiger partial charge in [-0.1, -0.05) is 12.1 Å². The molecule has 0 bridgehead atoms. The van der Waals surface area contributed by atoms with Crippen LogP contribution >= 0.6 is 0 Å². The summed E-state index contributed by atoms with van der Waals surface area (Å²) >= 11 is 0. The molecule has 0 spiro atoms. The highest BCUT2D eigenvalue weighted by Crippen LogP contribution is 2.16. The second kappa shape index (κ2) is 5.13. The SMILES string of the molecule is CC(NS(N)(=O)=O)c1ccc(NC(N)=O)cc1. The molecule has 1 unspecified atom stereocenters. The Balaban J connectivity index is 2.77. The smallest absolute Gasteiger partial charge is 0.316 e. The number of benzene rings is 1. The molecule has 1 atom stereocenters. The highest BCUT2D eigenvalue weighted by Gasteiger charge is 2.10. The molecule has 17 heavy (non-hydrogen) atoms. The van der Waals surface area contributed by atoms with Crippen LogP contribution in [0.1, 0.15) is 18.5 Å². The number of anilines is 1. The molecule has 0 aromatic heterocycles. The molecule has 1 aromatic carbocycles. The molecule has 0 aliphatic carbocycles. The summed E-state index contributed by atoms with van der Waals surface area (Å²) in [5.74, 6) is 0. The second-order valence-corrected chi connectivity index (χ2v) is 4.82. The van der Waals surface area contributed by atoms with E-state index in [4.69, 9.17) is 10.9 Å². The van der Waals surface area contributed by atoms with Crippen molar-refractivity contribution in [2.24, 2.45) is 10.9 Å². The summed E-state index contributed by atoms with van der Waals surface area (Å²) in [5, 5.41) is 7.25. The maximum atomic E-state index is 10.8. The van der Waals surface area contributed by atoms with Gasteiger partial charge in [-0.25, -0.2) is 9.93 Å². The largest absolute Gasteiger partial charge is 0.351 e. The zero-order valence-electron chi connectivity index (χ0n) is 9.17. The summed E-state index contributed by atoms with van der Waals surface area (Å²) < 4.78 is 23.9. The lowest BCUT2D eigenvalue weighted by molar-refractivity contribution is 0.259. The third-order valence-corrected chi connectivity index (χ3v) is 2.70. The summed E-state index contributed by atoms with van der Waals surface area (Å²) in [4.78, 5) is 10.6. The summed E-state index contributed by atoms with van der Waals surface area (Å²) in [6, 6.07) is 5.44. The first-order chi connectivity index (χ1) is 7.78. The van der Waals surface area contributed by atoms with Gasteiger partial charge in [0.05, 0.1) is 0 Å². The molecule has 0 heterocycles. The average molecular weight is 258 g/mol. The molecular formula is C9H14N4O3S. The highest BCUT2D eigenvalue weighted by molar-refractivity contribution is 7.87. The van der Waals surface area contributed by atoms with Gasteiger partial charge >= 0.3 is 6.03 Å². The third-order valence-electron chi connectivity index (χ3n) is 2.02. The normalized spacial score (nSPS) is 13.1. The van der Waals surface area contributed by atoms with Gasteiger partial charge in [-0.2, -0.15) is 13.1 Å².